The van der Waals surface area contributed by atoms with E-state index in [-0.39, 0.29) is 22.7 Å². The van der Waals surface area contributed by atoms with Crippen molar-refractivity contribution in [3.05, 3.63) is 41.0 Å². The van der Waals surface area contributed by atoms with Gasteiger partial charge in [-0.15, -0.1) is 0 Å². The third kappa shape index (κ3) is 3.16. The maximum absolute atomic E-state index is 13.5. The lowest BCUT2D eigenvalue weighted by molar-refractivity contribution is -0.126. The van der Waals surface area contributed by atoms with Gasteiger partial charge in [0.2, 0.25) is 5.91 Å². The van der Waals surface area contributed by atoms with Gasteiger partial charge in [0.1, 0.15) is 0 Å². The quantitative estimate of drug-likeness (QED) is 0.404. The van der Waals surface area contributed by atoms with Gasteiger partial charge < -0.3 is 10.5 Å². The lowest BCUT2D eigenvalue weighted by Gasteiger charge is -2.58. The molecule has 1 aromatic carbocycles. The first-order valence-electron chi connectivity index (χ1n) is 12.6. The topological polar surface area (TPSA) is 61.7 Å². The number of allylic oxidation sites excluding steroid dienone is 2. The van der Waals surface area contributed by atoms with Gasteiger partial charge in [-0.2, -0.15) is 0 Å². The summed E-state index contributed by atoms with van der Waals surface area (Å²) in [5, 5.41) is 16.1. The first kappa shape index (κ1) is 21.7. The van der Waals surface area contributed by atoms with Crippen molar-refractivity contribution in [3.8, 4) is 0 Å². The molecule has 6 atom stereocenters. The smallest absolute Gasteiger partial charge is 0.228 e. The highest BCUT2D eigenvalue weighted by atomic mass is 16.4. The predicted molar refractivity (Wildman–Crippen MR) is 129 cm³/mol. The minimum absolute atomic E-state index is 0.104. The van der Waals surface area contributed by atoms with E-state index in [2.05, 4.69) is 50.3 Å². The van der Waals surface area contributed by atoms with Gasteiger partial charge in [-0.25, -0.2) is 0 Å². The maximum Gasteiger partial charge on any atom is 0.228 e. The number of carbonyl (C=O) groups is 1. The van der Waals surface area contributed by atoms with Gasteiger partial charge in [-0.1, -0.05) is 36.7 Å². The Hall–Kier alpha value is -2.10. The average Bonchev–Trinajstić information content (AvgIpc) is 3.13. The van der Waals surface area contributed by atoms with E-state index in [1.165, 1.54) is 36.0 Å². The van der Waals surface area contributed by atoms with Crippen LogP contribution in [-0.2, 0) is 4.79 Å². The van der Waals surface area contributed by atoms with E-state index in [0.717, 1.165) is 43.5 Å². The molecule has 4 aliphatic carbocycles. The van der Waals surface area contributed by atoms with Crippen molar-refractivity contribution in [2.45, 2.75) is 79.1 Å². The SMILES string of the molecule is Cc1cccc(NC(=O)[C@H]2CC[C@H]3[C@@H]4CCC5=CC(=NO)CC[C@]5(C)[C@H]4CC[C@]23C)c1C. The molecule has 0 saturated heterocycles. The van der Waals surface area contributed by atoms with Crippen LogP contribution in [0.25, 0.3) is 0 Å². The van der Waals surface area contributed by atoms with E-state index in [9.17, 15) is 10.0 Å². The summed E-state index contributed by atoms with van der Waals surface area (Å²) in [4.78, 5) is 13.5. The molecule has 2 N–H and O–H groups in total. The Balaban J connectivity index is 1.37. The third-order valence-corrected chi connectivity index (χ3v) is 10.3. The molecule has 1 amide bonds. The van der Waals surface area contributed by atoms with Crippen molar-refractivity contribution in [2.75, 3.05) is 5.32 Å². The van der Waals surface area contributed by atoms with Crippen LogP contribution < -0.4 is 5.32 Å². The molecule has 3 fully saturated rings. The van der Waals surface area contributed by atoms with Crippen LogP contribution in [0.1, 0.15) is 76.3 Å². The molecular formula is C28H38N2O2. The van der Waals surface area contributed by atoms with E-state index in [0.29, 0.717) is 17.8 Å². The van der Waals surface area contributed by atoms with Crippen LogP contribution in [0.4, 0.5) is 5.69 Å². The Morgan fingerprint density at radius 3 is 2.66 bits per heavy atom. The van der Waals surface area contributed by atoms with E-state index >= 15 is 0 Å². The fourth-order valence-corrected chi connectivity index (χ4v) is 8.19. The van der Waals surface area contributed by atoms with Gasteiger partial charge >= 0.3 is 0 Å². The molecule has 4 nitrogen and oxygen atoms in total. The van der Waals surface area contributed by atoms with E-state index in [4.69, 9.17) is 0 Å². The van der Waals surface area contributed by atoms with Crippen LogP contribution in [0.3, 0.4) is 0 Å². The molecule has 3 saturated carbocycles. The highest BCUT2D eigenvalue weighted by Gasteiger charge is 2.60. The van der Waals surface area contributed by atoms with Crippen LogP contribution in [0.15, 0.2) is 35.0 Å². The maximum atomic E-state index is 13.5. The van der Waals surface area contributed by atoms with E-state index < -0.39 is 0 Å². The number of hydrogen-bond acceptors (Lipinski definition) is 3. The number of nitrogens with zero attached hydrogens (tertiary/aromatic N) is 1. The van der Waals surface area contributed by atoms with Gasteiger partial charge in [-0.3, -0.25) is 4.79 Å². The lowest BCUT2D eigenvalue weighted by Crippen LogP contribution is -2.51. The van der Waals surface area contributed by atoms with Crippen molar-refractivity contribution in [1.82, 2.24) is 0 Å². The molecule has 172 valence electrons. The number of oxime groups is 1. The molecular weight excluding hydrogens is 396 g/mol. The number of benzene rings is 1. The molecule has 0 aromatic heterocycles. The van der Waals surface area contributed by atoms with Gasteiger partial charge in [0, 0.05) is 11.6 Å². The van der Waals surface area contributed by atoms with Gasteiger partial charge in [0.05, 0.1) is 5.71 Å². The lowest BCUT2D eigenvalue weighted by atomic mass is 9.47. The van der Waals surface area contributed by atoms with Crippen LogP contribution in [-0.4, -0.2) is 16.8 Å². The second-order valence-corrected chi connectivity index (χ2v) is 11.5. The number of hydrogen-bond donors (Lipinski definition) is 2. The zero-order valence-corrected chi connectivity index (χ0v) is 20.1. The predicted octanol–water partition coefficient (Wildman–Crippen LogP) is 6.65. The fourth-order valence-electron chi connectivity index (χ4n) is 8.19. The molecule has 4 aliphatic rings. The van der Waals surface area contributed by atoms with Crippen molar-refractivity contribution in [3.63, 3.8) is 0 Å². The van der Waals surface area contributed by atoms with Crippen LogP contribution in [0.5, 0.6) is 0 Å². The number of rotatable bonds is 2. The zero-order valence-electron chi connectivity index (χ0n) is 20.1. The number of aryl methyl sites for hydroxylation is 1. The normalized spacial score (nSPS) is 39.6. The minimum Gasteiger partial charge on any atom is -0.411 e. The summed E-state index contributed by atoms with van der Waals surface area (Å²) in [6.45, 7) is 9.08. The Kier molecular flexibility index (Phi) is 5.26. The zero-order chi connectivity index (χ0) is 22.7. The first-order chi connectivity index (χ1) is 15.3. The molecule has 0 radical (unpaired) electrons. The summed E-state index contributed by atoms with van der Waals surface area (Å²) in [5.41, 5.74) is 6.06. The number of amides is 1. The van der Waals surface area contributed by atoms with Crippen molar-refractivity contribution < 1.29 is 10.0 Å². The second-order valence-electron chi connectivity index (χ2n) is 11.5. The summed E-state index contributed by atoms with van der Waals surface area (Å²) in [5.74, 6) is 2.38. The van der Waals surface area contributed by atoms with Crippen molar-refractivity contribution >= 4 is 17.3 Å². The largest absolute Gasteiger partial charge is 0.411 e. The molecule has 0 bridgehead atoms. The fraction of sp³-hybridized carbons (Fsp3) is 0.643. The number of carbonyl (C=O) groups excluding carboxylic acids is 1. The molecule has 4 heteroatoms. The molecule has 0 aliphatic heterocycles. The summed E-state index contributed by atoms with van der Waals surface area (Å²) >= 11 is 0. The van der Waals surface area contributed by atoms with Crippen LogP contribution in [0, 0.1) is 48.3 Å². The second kappa shape index (κ2) is 7.74. The Morgan fingerprint density at radius 1 is 1.06 bits per heavy atom. The summed E-state index contributed by atoms with van der Waals surface area (Å²) in [6.07, 6.45) is 11.0. The van der Waals surface area contributed by atoms with E-state index in [1.807, 2.05) is 12.1 Å². The monoisotopic (exact) mass is 434 g/mol. The molecule has 32 heavy (non-hydrogen) atoms. The molecule has 5 rings (SSSR count). The third-order valence-electron chi connectivity index (χ3n) is 10.3. The van der Waals surface area contributed by atoms with Crippen molar-refractivity contribution in [1.29, 1.82) is 0 Å². The van der Waals surface area contributed by atoms with E-state index in [1.54, 1.807) is 0 Å². The number of fused-ring (bicyclic) bond motifs is 5. The summed E-state index contributed by atoms with van der Waals surface area (Å²) < 4.78 is 0. The van der Waals surface area contributed by atoms with Crippen molar-refractivity contribution in [2.24, 2.45) is 39.7 Å². The highest BCUT2D eigenvalue weighted by molar-refractivity contribution is 5.96. The number of anilines is 1. The Labute approximate surface area is 192 Å². The number of nitrogens with one attached hydrogen (secondary N) is 1. The van der Waals surface area contributed by atoms with Gasteiger partial charge in [-0.05, 0) is 117 Å². The first-order valence-corrected chi connectivity index (χ1v) is 12.6. The Morgan fingerprint density at radius 2 is 1.88 bits per heavy atom. The molecule has 1 aromatic rings. The molecule has 0 unspecified atom stereocenters. The average molecular weight is 435 g/mol. The minimum atomic E-state index is 0.104. The highest BCUT2D eigenvalue weighted by Crippen LogP contribution is 2.66. The molecule has 0 spiro atoms. The van der Waals surface area contributed by atoms with Crippen LogP contribution in [0.2, 0.25) is 0 Å². The molecule has 0 heterocycles. The standard InChI is InChI=1S/C28H38N2O2/c1-17-6-5-7-25(18(17)2)29-26(31)24-11-10-22-21-9-8-19-16-20(30-32)12-14-27(19,3)23(21)13-15-28(22,24)4/h5-7,16,21-24,32H,8-15H2,1-4H3,(H,29,31)/t21-,22-,23-,24+,27-,28-/m0/s1. The van der Waals surface area contributed by atoms with Gasteiger partial charge in [0.25, 0.3) is 0 Å². The van der Waals surface area contributed by atoms with Crippen LogP contribution >= 0.6 is 0 Å². The summed E-state index contributed by atoms with van der Waals surface area (Å²) in [6, 6.07) is 6.17. The summed E-state index contributed by atoms with van der Waals surface area (Å²) in [7, 11) is 0. The van der Waals surface area contributed by atoms with Gasteiger partial charge in [0.15, 0.2) is 0 Å². The Bertz CT molecular complexity index is 995.